The fraction of sp³-hybridized carbons (Fsp3) is 0.200. The van der Waals surface area contributed by atoms with Gasteiger partial charge in [-0.3, -0.25) is 0 Å². The molecular weight excluding hydrogens is 219 g/mol. The first kappa shape index (κ1) is 11.9. The summed E-state index contributed by atoms with van der Waals surface area (Å²) in [6.45, 7) is 0.0629. The highest BCUT2D eigenvalue weighted by Gasteiger charge is 2.09. The van der Waals surface area contributed by atoms with Crippen LogP contribution >= 0.6 is 0 Å². The third-order valence-corrected chi connectivity index (χ3v) is 2.60. The summed E-state index contributed by atoms with van der Waals surface area (Å²) in [6, 6.07) is 5.41. The van der Waals surface area contributed by atoms with Crippen LogP contribution in [0.2, 0.25) is 0 Å². The third kappa shape index (κ3) is 3.81. The Hall–Kier alpha value is -1.20. The molecule has 0 saturated carbocycles. The normalized spacial score (nSPS) is 12.1. The maximum Gasteiger partial charge on any atom is 0.332 e. The van der Waals surface area contributed by atoms with E-state index in [0.29, 0.717) is 6.42 Å². The van der Waals surface area contributed by atoms with Crippen LogP contribution in [0.25, 0.3) is 6.08 Å². The van der Waals surface area contributed by atoms with E-state index in [1.54, 1.807) is 12.2 Å². The van der Waals surface area contributed by atoms with Crippen molar-refractivity contribution in [3.8, 4) is 0 Å². The van der Waals surface area contributed by atoms with Crippen LogP contribution < -0.4 is 0 Å². The Labute approximate surface area is 88.1 Å². The van der Waals surface area contributed by atoms with Gasteiger partial charge >= 0.3 is 10.2 Å². The van der Waals surface area contributed by atoms with Crippen LogP contribution in [0.5, 0.6) is 0 Å². The first-order valence-corrected chi connectivity index (χ1v) is 5.74. The zero-order valence-corrected chi connectivity index (χ0v) is 8.74. The van der Waals surface area contributed by atoms with E-state index in [1.807, 2.05) is 0 Å². The summed E-state index contributed by atoms with van der Waals surface area (Å²) in [4.78, 5) is -0.346. The van der Waals surface area contributed by atoms with Crippen LogP contribution in [-0.4, -0.2) is 20.1 Å². The molecule has 3 nitrogen and oxygen atoms in total. The summed E-state index contributed by atoms with van der Waals surface area (Å²) in [5.41, 5.74) is 0.760. The lowest BCUT2D eigenvalue weighted by Gasteiger charge is -1.96. The van der Waals surface area contributed by atoms with Crippen LogP contribution in [-0.2, 0) is 10.2 Å². The number of hydrogen-bond donors (Lipinski definition) is 1. The highest BCUT2D eigenvalue weighted by Crippen LogP contribution is 2.13. The summed E-state index contributed by atoms with van der Waals surface area (Å²) in [7, 11) is -4.61. The van der Waals surface area contributed by atoms with Crippen LogP contribution in [0.15, 0.2) is 35.2 Å². The predicted octanol–water partition coefficient (Wildman–Crippen LogP) is 1.74. The van der Waals surface area contributed by atoms with Crippen LogP contribution in [0.4, 0.5) is 3.89 Å². The van der Waals surface area contributed by atoms with Gasteiger partial charge in [-0.25, -0.2) is 0 Å². The summed E-state index contributed by atoms with van der Waals surface area (Å²) in [5, 5.41) is 8.51. The zero-order valence-electron chi connectivity index (χ0n) is 7.93. The van der Waals surface area contributed by atoms with Gasteiger partial charge in [0.15, 0.2) is 0 Å². The van der Waals surface area contributed by atoms with E-state index in [-0.39, 0.29) is 11.5 Å². The molecule has 0 bridgehead atoms. The van der Waals surface area contributed by atoms with Crippen molar-refractivity contribution >= 4 is 16.3 Å². The predicted molar refractivity (Wildman–Crippen MR) is 55.5 cm³/mol. The second kappa shape index (κ2) is 5.04. The van der Waals surface area contributed by atoms with Gasteiger partial charge in [-0.2, -0.15) is 8.42 Å². The Morgan fingerprint density at radius 2 is 1.87 bits per heavy atom. The van der Waals surface area contributed by atoms with Crippen LogP contribution in [0, 0.1) is 0 Å². The highest BCUT2D eigenvalue weighted by molar-refractivity contribution is 7.86. The number of aliphatic hydroxyl groups excluding tert-OH is 1. The van der Waals surface area contributed by atoms with Gasteiger partial charge in [0.05, 0.1) is 4.90 Å². The molecular formula is C10H11FO3S. The van der Waals surface area contributed by atoms with Crippen molar-refractivity contribution in [2.24, 2.45) is 0 Å². The average Bonchev–Trinajstić information content (AvgIpc) is 2.18. The van der Waals surface area contributed by atoms with Crippen molar-refractivity contribution in [3.05, 3.63) is 35.9 Å². The van der Waals surface area contributed by atoms with Crippen molar-refractivity contribution in [2.45, 2.75) is 11.3 Å². The van der Waals surface area contributed by atoms with E-state index in [2.05, 4.69) is 0 Å². The van der Waals surface area contributed by atoms with Gasteiger partial charge in [-0.15, -0.1) is 3.89 Å². The Morgan fingerprint density at radius 1 is 1.27 bits per heavy atom. The number of aliphatic hydroxyl groups is 1. The molecule has 0 fully saturated rings. The fourth-order valence-corrected chi connectivity index (χ4v) is 1.50. The van der Waals surface area contributed by atoms with Crippen LogP contribution in [0.1, 0.15) is 12.0 Å². The molecule has 1 rings (SSSR count). The number of hydrogen-bond acceptors (Lipinski definition) is 3. The fourth-order valence-electron chi connectivity index (χ4n) is 1.04. The molecule has 0 heterocycles. The zero-order chi connectivity index (χ0) is 11.3. The minimum Gasteiger partial charge on any atom is -0.396 e. The topological polar surface area (TPSA) is 54.4 Å². The number of benzene rings is 1. The van der Waals surface area contributed by atoms with Crippen LogP contribution in [0.3, 0.4) is 0 Å². The van der Waals surface area contributed by atoms with E-state index in [0.717, 1.165) is 5.56 Å². The summed E-state index contributed by atoms with van der Waals surface area (Å²) >= 11 is 0. The van der Waals surface area contributed by atoms with Crippen molar-refractivity contribution in [1.82, 2.24) is 0 Å². The van der Waals surface area contributed by atoms with Gasteiger partial charge in [-0.05, 0) is 24.1 Å². The second-order valence-corrected chi connectivity index (χ2v) is 4.27. The molecule has 0 aromatic heterocycles. The third-order valence-electron chi connectivity index (χ3n) is 1.77. The average molecular weight is 230 g/mol. The minimum atomic E-state index is -4.61. The lowest BCUT2D eigenvalue weighted by atomic mass is 10.2. The van der Waals surface area contributed by atoms with Crippen molar-refractivity contribution in [1.29, 1.82) is 0 Å². The molecule has 0 aliphatic carbocycles. The van der Waals surface area contributed by atoms with Gasteiger partial charge < -0.3 is 5.11 Å². The lowest BCUT2D eigenvalue weighted by molar-refractivity contribution is 0.303. The van der Waals surface area contributed by atoms with Gasteiger partial charge in [0.2, 0.25) is 0 Å². The molecule has 0 aliphatic rings. The molecule has 0 aliphatic heterocycles. The van der Waals surface area contributed by atoms with E-state index >= 15 is 0 Å². The van der Waals surface area contributed by atoms with E-state index in [4.69, 9.17) is 5.11 Å². The van der Waals surface area contributed by atoms with Crippen molar-refractivity contribution < 1.29 is 17.4 Å². The molecule has 0 atom stereocenters. The number of rotatable bonds is 4. The van der Waals surface area contributed by atoms with Crippen molar-refractivity contribution in [2.75, 3.05) is 6.61 Å². The Balaban J connectivity index is 2.82. The molecule has 0 amide bonds. The van der Waals surface area contributed by atoms with E-state index in [9.17, 15) is 12.3 Å². The molecule has 1 aromatic rings. The highest BCUT2D eigenvalue weighted by atomic mass is 32.3. The standard InChI is InChI=1S/C10H11FO3S/c11-15(13,14)10-6-4-9(5-7-10)3-1-2-8-12/h1,3-7,12H,2,8H2. The Morgan fingerprint density at radius 3 is 2.33 bits per heavy atom. The van der Waals surface area contributed by atoms with Gasteiger partial charge in [0, 0.05) is 6.61 Å². The van der Waals surface area contributed by atoms with Gasteiger partial charge in [0.1, 0.15) is 0 Å². The minimum absolute atomic E-state index is 0.0629. The molecule has 0 saturated heterocycles. The monoisotopic (exact) mass is 230 g/mol. The SMILES string of the molecule is O=S(=O)(F)c1ccc(C=CCCO)cc1. The summed E-state index contributed by atoms with van der Waals surface area (Å²) < 4.78 is 33.5. The summed E-state index contributed by atoms with van der Waals surface area (Å²) in [5.74, 6) is 0. The van der Waals surface area contributed by atoms with Gasteiger partial charge in [0.25, 0.3) is 0 Å². The largest absolute Gasteiger partial charge is 0.396 e. The molecule has 1 N–H and O–H groups in total. The van der Waals surface area contributed by atoms with Crippen molar-refractivity contribution in [3.63, 3.8) is 0 Å². The number of halogens is 1. The quantitative estimate of drug-likeness (QED) is 0.801. The molecule has 0 radical (unpaired) electrons. The maximum absolute atomic E-state index is 12.5. The Kier molecular flexibility index (Phi) is 3.99. The molecule has 82 valence electrons. The Bertz CT molecular complexity index is 434. The molecule has 0 unspecified atom stereocenters. The molecule has 15 heavy (non-hydrogen) atoms. The van der Waals surface area contributed by atoms with E-state index < -0.39 is 10.2 Å². The summed E-state index contributed by atoms with van der Waals surface area (Å²) in [6.07, 6.45) is 4.01. The molecule has 1 aromatic carbocycles. The molecule has 0 spiro atoms. The van der Waals surface area contributed by atoms with Gasteiger partial charge in [-0.1, -0.05) is 24.3 Å². The first-order chi connectivity index (χ1) is 7.04. The smallest absolute Gasteiger partial charge is 0.332 e. The van der Waals surface area contributed by atoms with E-state index in [1.165, 1.54) is 24.3 Å². The molecule has 5 heteroatoms. The second-order valence-electron chi connectivity index (χ2n) is 2.92. The maximum atomic E-state index is 12.5. The first-order valence-electron chi connectivity index (χ1n) is 4.36. The lowest BCUT2D eigenvalue weighted by Crippen LogP contribution is -1.90.